The van der Waals surface area contributed by atoms with Crippen molar-refractivity contribution in [2.24, 2.45) is 5.73 Å². The largest absolute Gasteiger partial charge is 0.494 e. The van der Waals surface area contributed by atoms with Crippen molar-refractivity contribution in [2.45, 2.75) is 6.42 Å². The monoisotopic (exact) mass is 233 g/mol. The molecule has 76 valence electrons. The first-order valence-electron chi connectivity index (χ1n) is 3.84. The second-order valence-electron chi connectivity index (χ2n) is 2.74. The first-order chi connectivity index (χ1) is 6.54. The van der Waals surface area contributed by atoms with Gasteiger partial charge in [-0.1, -0.05) is 23.2 Å². The first-order valence-corrected chi connectivity index (χ1v) is 4.60. The average molecular weight is 234 g/mol. The van der Waals surface area contributed by atoms with E-state index in [-0.39, 0.29) is 6.42 Å². The van der Waals surface area contributed by atoms with Gasteiger partial charge in [0.05, 0.1) is 23.6 Å². The number of halogens is 2. The van der Waals surface area contributed by atoms with Crippen LogP contribution in [0, 0.1) is 0 Å². The molecule has 0 aliphatic carbocycles. The normalized spacial score (nSPS) is 9.93. The molecule has 0 spiro atoms. The maximum atomic E-state index is 10.7. The van der Waals surface area contributed by atoms with Crippen molar-refractivity contribution < 1.29 is 9.53 Å². The van der Waals surface area contributed by atoms with Crippen LogP contribution in [0.5, 0.6) is 5.75 Å². The maximum absolute atomic E-state index is 10.7. The number of hydrogen-bond donors (Lipinski definition) is 1. The Morgan fingerprint density at radius 2 is 1.93 bits per heavy atom. The van der Waals surface area contributed by atoms with Crippen LogP contribution < -0.4 is 10.5 Å². The van der Waals surface area contributed by atoms with Gasteiger partial charge < -0.3 is 10.5 Å². The highest BCUT2D eigenvalue weighted by atomic mass is 35.5. The number of nitrogens with two attached hydrogens (primary N) is 1. The van der Waals surface area contributed by atoms with Crippen molar-refractivity contribution in [3.63, 3.8) is 0 Å². The SMILES string of the molecule is COc1c(Cl)cc(CC(N)=O)cc1Cl. The van der Waals surface area contributed by atoms with E-state index in [2.05, 4.69) is 0 Å². The molecule has 2 N–H and O–H groups in total. The van der Waals surface area contributed by atoms with Gasteiger partial charge in [-0.25, -0.2) is 0 Å². The molecule has 0 aromatic heterocycles. The van der Waals surface area contributed by atoms with E-state index in [1.807, 2.05) is 0 Å². The van der Waals surface area contributed by atoms with Crippen LogP contribution in [0.3, 0.4) is 0 Å². The molecule has 1 rings (SSSR count). The topological polar surface area (TPSA) is 52.3 Å². The molecule has 0 aliphatic rings. The standard InChI is InChI=1S/C9H9Cl2NO2/c1-14-9-6(10)2-5(3-7(9)11)4-8(12)13/h2-3H,4H2,1H3,(H2,12,13). The Balaban J connectivity index is 3.07. The molecule has 14 heavy (non-hydrogen) atoms. The van der Waals surface area contributed by atoms with Gasteiger partial charge in [-0.3, -0.25) is 4.79 Å². The third kappa shape index (κ3) is 2.53. The Kier molecular flexibility index (Phi) is 3.61. The first kappa shape index (κ1) is 11.1. The summed E-state index contributed by atoms with van der Waals surface area (Å²) in [6, 6.07) is 3.22. The molecular formula is C9H9Cl2NO2. The second kappa shape index (κ2) is 4.53. The van der Waals surface area contributed by atoms with E-state index in [0.717, 1.165) is 0 Å². The van der Waals surface area contributed by atoms with Crippen LogP contribution in [0.25, 0.3) is 0 Å². The zero-order chi connectivity index (χ0) is 10.7. The highest BCUT2D eigenvalue weighted by molar-refractivity contribution is 6.37. The molecule has 0 aliphatic heterocycles. The number of methoxy groups -OCH3 is 1. The van der Waals surface area contributed by atoms with Gasteiger partial charge in [0.2, 0.25) is 5.91 Å². The van der Waals surface area contributed by atoms with Crippen molar-refractivity contribution in [1.82, 2.24) is 0 Å². The third-order valence-electron chi connectivity index (χ3n) is 1.64. The van der Waals surface area contributed by atoms with Crippen molar-refractivity contribution in [3.8, 4) is 5.75 Å². The highest BCUT2D eigenvalue weighted by Crippen LogP contribution is 2.33. The molecule has 0 heterocycles. The van der Waals surface area contributed by atoms with Crippen LogP contribution in [0.2, 0.25) is 10.0 Å². The lowest BCUT2D eigenvalue weighted by Gasteiger charge is -2.07. The Labute approximate surface area is 91.7 Å². The minimum Gasteiger partial charge on any atom is -0.494 e. The summed E-state index contributed by atoms with van der Waals surface area (Å²) < 4.78 is 4.96. The number of amides is 1. The fourth-order valence-corrected chi connectivity index (χ4v) is 1.80. The van der Waals surface area contributed by atoms with E-state index >= 15 is 0 Å². The Hall–Kier alpha value is -0.930. The molecule has 3 nitrogen and oxygen atoms in total. The molecule has 0 bridgehead atoms. The zero-order valence-corrected chi connectivity index (χ0v) is 9.02. The molecule has 0 saturated heterocycles. The molecular weight excluding hydrogens is 225 g/mol. The smallest absolute Gasteiger partial charge is 0.221 e. The Bertz CT molecular complexity index is 343. The molecule has 5 heteroatoms. The third-order valence-corrected chi connectivity index (χ3v) is 2.20. The van der Waals surface area contributed by atoms with Crippen LogP contribution in [0.4, 0.5) is 0 Å². The zero-order valence-electron chi connectivity index (χ0n) is 7.51. The molecule has 0 radical (unpaired) electrons. The molecule has 1 aromatic carbocycles. The van der Waals surface area contributed by atoms with E-state index in [0.29, 0.717) is 21.4 Å². The second-order valence-corrected chi connectivity index (χ2v) is 3.55. The number of ether oxygens (including phenoxy) is 1. The maximum Gasteiger partial charge on any atom is 0.221 e. The number of hydrogen-bond acceptors (Lipinski definition) is 2. The van der Waals surface area contributed by atoms with Crippen molar-refractivity contribution in [2.75, 3.05) is 7.11 Å². The van der Waals surface area contributed by atoms with Crippen molar-refractivity contribution in [1.29, 1.82) is 0 Å². The van der Waals surface area contributed by atoms with E-state index in [1.54, 1.807) is 12.1 Å². The van der Waals surface area contributed by atoms with E-state index < -0.39 is 5.91 Å². The van der Waals surface area contributed by atoms with Crippen LogP contribution in [-0.4, -0.2) is 13.0 Å². The number of carbonyl (C=O) groups is 1. The highest BCUT2D eigenvalue weighted by Gasteiger charge is 2.09. The number of primary amides is 1. The molecule has 1 aromatic rings. The molecule has 0 unspecified atom stereocenters. The van der Waals surface area contributed by atoms with Crippen LogP contribution in [0.15, 0.2) is 12.1 Å². The summed E-state index contributed by atoms with van der Waals surface area (Å²) in [6.07, 6.45) is 0.115. The predicted octanol–water partition coefficient (Wildman–Crippen LogP) is 2.03. The molecule has 0 atom stereocenters. The quantitative estimate of drug-likeness (QED) is 0.869. The number of benzene rings is 1. The molecule has 1 amide bonds. The lowest BCUT2D eigenvalue weighted by atomic mass is 10.1. The van der Waals surface area contributed by atoms with Gasteiger partial charge in [0.15, 0.2) is 5.75 Å². The Morgan fingerprint density at radius 1 is 1.43 bits per heavy atom. The van der Waals surface area contributed by atoms with E-state index in [4.69, 9.17) is 33.7 Å². The Morgan fingerprint density at radius 3 is 2.29 bits per heavy atom. The van der Waals surface area contributed by atoms with Crippen LogP contribution in [0.1, 0.15) is 5.56 Å². The van der Waals surface area contributed by atoms with Gasteiger partial charge in [-0.15, -0.1) is 0 Å². The summed E-state index contributed by atoms with van der Waals surface area (Å²) in [5.74, 6) is -0.0242. The molecule has 0 fully saturated rings. The fraction of sp³-hybridized carbons (Fsp3) is 0.222. The summed E-state index contributed by atoms with van der Waals surface area (Å²) in [5, 5.41) is 0.743. The van der Waals surface area contributed by atoms with Gasteiger partial charge >= 0.3 is 0 Å². The fourth-order valence-electron chi connectivity index (χ4n) is 1.11. The van der Waals surface area contributed by atoms with E-state index in [9.17, 15) is 4.79 Å². The van der Waals surface area contributed by atoms with Gasteiger partial charge in [-0.05, 0) is 17.7 Å². The summed E-state index contributed by atoms with van der Waals surface area (Å²) >= 11 is 11.7. The summed E-state index contributed by atoms with van der Waals surface area (Å²) in [4.78, 5) is 10.7. The van der Waals surface area contributed by atoms with E-state index in [1.165, 1.54) is 7.11 Å². The predicted molar refractivity (Wildman–Crippen MR) is 55.9 cm³/mol. The van der Waals surface area contributed by atoms with Crippen molar-refractivity contribution >= 4 is 29.1 Å². The minimum atomic E-state index is -0.428. The summed E-state index contributed by atoms with van der Waals surface area (Å²) in [7, 11) is 1.47. The summed E-state index contributed by atoms with van der Waals surface area (Å²) in [5.41, 5.74) is 5.71. The van der Waals surface area contributed by atoms with Gasteiger partial charge in [0.25, 0.3) is 0 Å². The van der Waals surface area contributed by atoms with Gasteiger partial charge in [-0.2, -0.15) is 0 Å². The van der Waals surface area contributed by atoms with Crippen molar-refractivity contribution in [3.05, 3.63) is 27.7 Å². The lowest BCUT2D eigenvalue weighted by molar-refractivity contribution is -0.117. The van der Waals surface area contributed by atoms with Gasteiger partial charge in [0, 0.05) is 0 Å². The number of carbonyl (C=O) groups excluding carboxylic acids is 1. The number of rotatable bonds is 3. The minimum absolute atomic E-state index is 0.115. The van der Waals surface area contributed by atoms with Crippen LogP contribution in [-0.2, 0) is 11.2 Å². The van der Waals surface area contributed by atoms with Crippen LogP contribution >= 0.6 is 23.2 Å². The van der Waals surface area contributed by atoms with Gasteiger partial charge in [0.1, 0.15) is 0 Å². The summed E-state index contributed by atoms with van der Waals surface area (Å²) in [6.45, 7) is 0. The molecule has 0 saturated carbocycles. The lowest BCUT2D eigenvalue weighted by Crippen LogP contribution is -2.13. The average Bonchev–Trinajstić information content (AvgIpc) is 2.01.